The Hall–Kier alpha value is -3.94. The Kier molecular flexibility index (Phi) is 6.26. The molecule has 1 aliphatic heterocycles. The largest absolute Gasteiger partial charge is 0.455 e. The van der Waals surface area contributed by atoms with Gasteiger partial charge in [-0.25, -0.2) is 4.68 Å². The zero-order valence-corrected chi connectivity index (χ0v) is 18.9. The van der Waals surface area contributed by atoms with Gasteiger partial charge in [0.25, 0.3) is 5.91 Å². The number of hydrogen-bond donors (Lipinski definition) is 1. The van der Waals surface area contributed by atoms with Crippen LogP contribution in [0.3, 0.4) is 0 Å². The van der Waals surface area contributed by atoms with E-state index >= 15 is 0 Å². The molecule has 2 heterocycles. The van der Waals surface area contributed by atoms with E-state index in [1.807, 2.05) is 44.2 Å². The van der Waals surface area contributed by atoms with Gasteiger partial charge < -0.3 is 15.0 Å². The predicted molar refractivity (Wildman–Crippen MR) is 124 cm³/mol. The summed E-state index contributed by atoms with van der Waals surface area (Å²) >= 11 is 0. The Labute approximate surface area is 192 Å². The summed E-state index contributed by atoms with van der Waals surface area (Å²) in [4.78, 5) is 39.2. The molecule has 0 bridgehead atoms. The fourth-order valence-electron chi connectivity index (χ4n) is 4.13. The molecule has 0 radical (unpaired) electrons. The lowest BCUT2D eigenvalue weighted by atomic mass is 10.1. The first-order valence-corrected chi connectivity index (χ1v) is 10.8. The number of nitrogens with zero attached hydrogens (tertiary/aromatic N) is 3. The summed E-state index contributed by atoms with van der Waals surface area (Å²) in [7, 11) is 0. The number of rotatable bonds is 5. The van der Waals surface area contributed by atoms with Crippen molar-refractivity contribution in [1.82, 2.24) is 9.78 Å². The molecule has 170 valence electrons. The van der Waals surface area contributed by atoms with Gasteiger partial charge in [0, 0.05) is 23.7 Å². The lowest BCUT2D eigenvalue weighted by molar-refractivity contribution is -0.147. The van der Waals surface area contributed by atoms with E-state index in [4.69, 9.17) is 4.74 Å². The van der Waals surface area contributed by atoms with E-state index in [9.17, 15) is 14.4 Å². The van der Waals surface area contributed by atoms with E-state index in [-0.39, 0.29) is 30.7 Å². The first-order chi connectivity index (χ1) is 15.8. The highest BCUT2D eigenvalue weighted by Crippen LogP contribution is 2.31. The minimum absolute atomic E-state index is 0.0178. The van der Waals surface area contributed by atoms with Gasteiger partial charge in [-0.05, 0) is 45.0 Å². The number of amides is 2. The van der Waals surface area contributed by atoms with Crippen LogP contribution in [0.25, 0.3) is 5.69 Å². The highest BCUT2D eigenvalue weighted by atomic mass is 16.5. The molecule has 3 aromatic rings. The van der Waals surface area contributed by atoms with Gasteiger partial charge in [-0.2, -0.15) is 5.10 Å². The second-order valence-electron chi connectivity index (χ2n) is 8.12. The third kappa shape index (κ3) is 4.64. The number of hydrogen-bond acceptors (Lipinski definition) is 5. The average Bonchev–Trinajstić information content (AvgIpc) is 2.99. The van der Waals surface area contributed by atoms with Gasteiger partial charge in [0.1, 0.15) is 0 Å². The monoisotopic (exact) mass is 446 g/mol. The van der Waals surface area contributed by atoms with Gasteiger partial charge in [0.05, 0.1) is 29.2 Å². The van der Waals surface area contributed by atoms with Gasteiger partial charge in [-0.15, -0.1) is 0 Å². The number of carbonyl (C=O) groups excluding carboxylic acids is 3. The van der Waals surface area contributed by atoms with E-state index < -0.39 is 12.6 Å². The van der Waals surface area contributed by atoms with Crippen molar-refractivity contribution in [3.63, 3.8) is 0 Å². The SMILES string of the molecule is Cc1nn(-c2ccccc2)c(C)c1CC(=O)OCC(=O)N1c2ccccc2NC(=O)CC1C. The molecule has 8 heteroatoms. The van der Waals surface area contributed by atoms with Gasteiger partial charge in [-0.1, -0.05) is 30.3 Å². The second-order valence-corrected chi connectivity index (χ2v) is 8.12. The zero-order chi connectivity index (χ0) is 23.5. The molecule has 33 heavy (non-hydrogen) atoms. The van der Waals surface area contributed by atoms with Gasteiger partial charge >= 0.3 is 5.97 Å². The van der Waals surface area contributed by atoms with Crippen molar-refractivity contribution < 1.29 is 19.1 Å². The molecule has 1 N–H and O–H groups in total. The van der Waals surface area contributed by atoms with E-state index in [1.54, 1.807) is 35.9 Å². The maximum atomic E-state index is 13.0. The number of esters is 1. The van der Waals surface area contributed by atoms with Crippen LogP contribution in [0.15, 0.2) is 54.6 Å². The van der Waals surface area contributed by atoms with Crippen LogP contribution >= 0.6 is 0 Å². The summed E-state index contributed by atoms with van der Waals surface area (Å²) in [6.07, 6.45) is 0.176. The first-order valence-electron chi connectivity index (χ1n) is 10.8. The lowest BCUT2D eigenvalue weighted by Crippen LogP contribution is -2.41. The average molecular weight is 447 g/mol. The predicted octanol–water partition coefficient (Wildman–Crippen LogP) is 3.34. The van der Waals surface area contributed by atoms with E-state index in [0.29, 0.717) is 11.4 Å². The molecule has 0 fully saturated rings. The molecule has 0 saturated heterocycles. The van der Waals surface area contributed by atoms with Crippen LogP contribution in [0, 0.1) is 13.8 Å². The molecule has 2 aromatic carbocycles. The number of aromatic nitrogens is 2. The van der Waals surface area contributed by atoms with Crippen molar-refractivity contribution in [2.45, 2.75) is 39.7 Å². The molecule has 0 saturated carbocycles. The van der Waals surface area contributed by atoms with E-state index in [1.165, 1.54) is 4.90 Å². The van der Waals surface area contributed by atoms with Crippen LogP contribution in [0.4, 0.5) is 11.4 Å². The molecule has 0 spiro atoms. The molecular weight excluding hydrogens is 420 g/mol. The van der Waals surface area contributed by atoms with Crippen LogP contribution in [0.5, 0.6) is 0 Å². The third-order valence-corrected chi connectivity index (χ3v) is 5.75. The van der Waals surface area contributed by atoms with Crippen LogP contribution in [0.1, 0.15) is 30.3 Å². The van der Waals surface area contributed by atoms with Crippen LogP contribution in [0.2, 0.25) is 0 Å². The van der Waals surface area contributed by atoms with Crippen LogP contribution in [-0.4, -0.2) is 40.2 Å². The fraction of sp³-hybridized carbons (Fsp3) is 0.280. The highest BCUT2D eigenvalue weighted by Gasteiger charge is 2.30. The lowest BCUT2D eigenvalue weighted by Gasteiger charge is -2.27. The number of aryl methyl sites for hydroxylation is 1. The summed E-state index contributed by atoms with van der Waals surface area (Å²) in [5.74, 6) is -1.05. The molecule has 4 rings (SSSR count). The number of anilines is 2. The summed E-state index contributed by atoms with van der Waals surface area (Å²) < 4.78 is 7.14. The van der Waals surface area contributed by atoms with Crippen molar-refractivity contribution in [3.05, 3.63) is 71.5 Å². The van der Waals surface area contributed by atoms with Crippen molar-refractivity contribution in [3.8, 4) is 5.69 Å². The van der Waals surface area contributed by atoms with Crippen molar-refractivity contribution in [2.24, 2.45) is 0 Å². The van der Waals surface area contributed by atoms with Crippen molar-refractivity contribution >= 4 is 29.2 Å². The Balaban J connectivity index is 1.45. The quantitative estimate of drug-likeness (QED) is 0.607. The minimum Gasteiger partial charge on any atom is -0.455 e. The Bertz CT molecular complexity index is 1200. The molecular formula is C25H26N4O4. The molecule has 1 unspecified atom stereocenters. The Morgan fingerprint density at radius 2 is 1.79 bits per heavy atom. The third-order valence-electron chi connectivity index (χ3n) is 5.75. The van der Waals surface area contributed by atoms with Gasteiger partial charge in [0.15, 0.2) is 6.61 Å². The number of ether oxygens (including phenoxy) is 1. The molecule has 1 atom stereocenters. The zero-order valence-electron chi connectivity index (χ0n) is 18.9. The van der Waals surface area contributed by atoms with E-state index in [2.05, 4.69) is 10.4 Å². The maximum absolute atomic E-state index is 13.0. The number of carbonyl (C=O) groups is 3. The Morgan fingerprint density at radius 1 is 1.09 bits per heavy atom. The Morgan fingerprint density at radius 3 is 2.55 bits per heavy atom. The highest BCUT2D eigenvalue weighted by molar-refractivity contribution is 6.05. The summed E-state index contributed by atoms with van der Waals surface area (Å²) in [5, 5.41) is 7.36. The van der Waals surface area contributed by atoms with Crippen LogP contribution < -0.4 is 10.2 Å². The molecule has 0 aliphatic carbocycles. The second kappa shape index (κ2) is 9.28. The van der Waals surface area contributed by atoms with Gasteiger partial charge in [0.2, 0.25) is 5.91 Å². The minimum atomic E-state index is -0.507. The molecule has 2 amide bonds. The topological polar surface area (TPSA) is 93.5 Å². The van der Waals surface area contributed by atoms with Crippen molar-refractivity contribution in [1.29, 1.82) is 0 Å². The smallest absolute Gasteiger partial charge is 0.310 e. The van der Waals surface area contributed by atoms with E-state index in [0.717, 1.165) is 22.6 Å². The number of nitrogens with one attached hydrogen (secondary N) is 1. The standard InChI is InChI=1S/C25H26N4O4/c1-16-13-23(30)26-21-11-7-8-12-22(21)28(16)24(31)15-33-25(32)14-20-17(2)27-29(18(20)3)19-9-5-4-6-10-19/h4-12,16H,13-15H2,1-3H3,(H,26,30). The summed E-state index contributed by atoms with van der Waals surface area (Å²) in [5.41, 5.74) is 4.42. The fourth-order valence-corrected chi connectivity index (χ4v) is 4.13. The number of fused-ring (bicyclic) bond motifs is 1. The first kappa shape index (κ1) is 22.3. The maximum Gasteiger partial charge on any atom is 0.310 e. The number of benzene rings is 2. The normalized spacial score (nSPS) is 15.4. The molecule has 1 aromatic heterocycles. The summed E-state index contributed by atoms with van der Waals surface area (Å²) in [6.45, 7) is 5.14. The van der Waals surface area contributed by atoms with Crippen LogP contribution in [-0.2, 0) is 25.5 Å². The number of para-hydroxylation sites is 3. The van der Waals surface area contributed by atoms with Gasteiger partial charge in [-0.3, -0.25) is 14.4 Å². The molecule has 8 nitrogen and oxygen atoms in total. The summed E-state index contributed by atoms with van der Waals surface area (Å²) in [6, 6.07) is 16.4. The molecule has 1 aliphatic rings. The van der Waals surface area contributed by atoms with Crippen molar-refractivity contribution in [2.75, 3.05) is 16.8 Å².